The van der Waals surface area contributed by atoms with Crippen LogP contribution in [-0.4, -0.2) is 68.9 Å². The molecular formula is C23H28N2O6S. The van der Waals surface area contributed by atoms with E-state index < -0.39 is 16.0 Å². The maximum atomic E-state index is 12.7. The zero-order chi connectivity index (χ0) is 23.0. The number of piperazine rings is 1. The summed E-state index contributed by atoms with van der Waals surface area (Å²) in [6.07, 6.45) is 0.639. The SMILES string of the molecule is Cc1ccc(S(=O)(=O)N2CCN(C(=O)COC(=O)CCCOc3ccccc3)CC2)cc1. The Kier molecular flexibility index (Phi) is 8.24. The molecule has 1 saturated heterocycles. The minimum absolute atomic E-state index is 0.155. The Bertz CT molecular complexity index is 1000. The van der Waals surface area contributed by atoms with Gasteiger partial charge in [-0.2, -0.15) is 4.31 Å². The minimum atomic E-state index is -3.59. The molecule has 1 heterocycles. The normalized spacial score (nSPS) is 14.7. The van der Waals surface area contributed by atoms with Crippen molar-refractivity contribution in [3.05, 3.63) is 60.2 Å². The molecule has 0 N–H and O–H groups in total. The van der Waals surface area contributed by atoms with Crippen molar-refractivity contribution < 1.29 is 27.5 Å². The van der Waals surface area contributed by atoms with Gasteiger partial charge in [0.2, 0.25) is 10.0 Å². The summed E-state index contributed by atoms with van der Waals surface area (Å²) in [4.78, 5) is 26.0. The van der Waals surface area contributed by atoms with Crippen molar-refractivity contribution in [3.63, 3.8) is 0 Å². The van der Waals surface area contributed by atoms with E-state index in [9.17, 15) is 18.0 Å². The van der Waals surface area contributed by atoms with Gasteiger partial charge < -0.3 is 14.4 Å². The summed E-state index contributed by atoms with van der Waals surface area (Å²) < 4.78 is 37.5. The topological polar surface area (TPSA) is 93.2 Å². The molecular weight excluding hydrogens is 432 g/mol. The predicted octanol–water partition coefficient (Wildman–Crippen LogP) is 2.23. The fourth-order valence-electron chi connectivity index (χ4n) is 3.27. The third kappa shape index (κ3) is 6.54. The van der Waals surface area contributed by atoms with Gasteiger partial charge in [0.15, 0.2) is 6.61 Å². The molecule has 0 aromatic heterocycles. The smallest absolute Gasteiger partial charge is 0.306 e. The Morgan fingerprint density at radius 3 is 2.25 bits per heavy atom. The lowest BCUT2D eigenvalue weighted by molar-refractivity contribution is -0.152. The number of amides is 1. The van der Waals surface area contributed by atoms with Crippen LogP contribution in [0.25, 0.3) is 0 Å². The highest BCUT2D eigenvalue weighted by Crippen LogP contribution is 2.18. The molecule has 1 fully saturated rings. The number of para-hydroxylation sites is 1. The number of sulfonamides is 1. The summed E-state index contributed by atoms with van der Waals surface area (Å²) in [5, 5.41) is 0. The molecule has 1 aliphatic heterocycles. The Hall–Kier alpha value is -2.91. The zero-order valence-corrected chi connectivity index (χ0v) is 18.9. The molecule has 0 radical (unpaired) electrons. The monoisotopic (exact) mass is 460 g/mol. The quantitative estimate of drug-likeness (QED) is 0.421. The highest BCUT2D eigenvalue weighted by Gasteiger charge is 2.30. The van der Waals surface area contributed by atoms with Crippen molar-refractivity contribution in [1.29, 1.82) is 0 Å². The number of hydrogen-bond donors (Lipinski definition) is 0. The van der Waals surface area contributed by atoms with E-state index in [0.717, 1.165) is 11.3 Å². The molecule has 0 aliphatic carbocycles. The second-order valence-corrected chi connectivity index (χ2v) is 9.46. The van der Waals surface area contributed by atoms with Crippen LogP contribution in [0.1, 0.15) is 18.4 Å². The van der Waals surface area contributed by atoms with E-state index in [2.05, 4.69) is 0 Å². The number of rotatable bonds is 9. The van der Waals surface area contributed by atoms with E-state index in [0.29, 0.717) is 13.0 Å². The van der Waals surface area contributed by atoms with Crippen molar-refractivity contribution in [3.8, 4) is 5.75 Å². The molecule has 8 nitrogen and oxygen atoms in total. The molecule has 32 heavy (non-hydrogen) atoms. The molecule has 1 amide bonds. The van der Waals surface area contributed by atoms with Gasteiger partial charge in [0.25, 0.3) is 5.91 Å². The maximum Gasteiger partial charge on any atom is 0.306 e. The standard InChI is InChI=1S/C23H28N2O6S/c1-19-9-11-21(12-10-19)32(28,29)25-15-13-24(14-16-25)22(26)18-31-23(27)8-5-17-30-20-6-3-2-4-7-20/h2-4,6-7,9-12H,5,8,13-18H2,1H3. The summed E-state index contributed by atoms with van der Waals surface area (Å²) in [6.45, 7) is 2.85. The number of benzene rings is 2. The van der Waals surface area contributed by atoms with Crippen LogP contribution in [0.2, 0.25) is 0 Å². The molecule has 0 unspecified atom stereocenters. The number of carbonyl (C=O) groups is 2. The van der Waals surface area contributed by atoms with Crippen molar-refractivity contribution in [2.24, 2.45) is 0 Å². The Morgan fingerprint density at radius 2 is 1.59 bits per heavy atom. The van der Waals surface area contributed by atoms with E-state index >= 15 is 0 Å². The lowest BCUT2D eigenvalue weighted by Gasteiger charge is -2.33. The van der Waals surface area contributed by atoms with E-state index in [-0.39, 0.29) is 50.0 Å². The van der Waals surface area contributed by atoms with Crippen LogP contribution >= 0.6 is 0 Å². The number of aryl methyl sites for hydroxylation is 1. The van der Waals surface area contributed by atoms with Crippen LogP contribution in [0.3, 0.4) is 0 Å². The minimum Gasteiger partial charge on any atom is -0.494 e. The van der Waals surface area contributed by atoms with Gasteiger partial charge in [-0.1, -0.05) is 35.9 Å². The molecule has 2 aromatic rings. The number of carbonyl (C=O) groups excluding carboxylic acids is 2. The van der Waals surface area contributed by atoms with E-state index in [1.165, 1.54) is 9.21 Å². The Morgan fingerprint density at radius 1 is 0.938 bits per heavy atom. The number of ether oxygens (including phenoxy) is 2. The van der Waals surface area contributed by atoms with Gasteiger partial charge in [-0.15, -0.1) is 0 Å². The maximum absolute atomic E-state index is 12.7. The highest BCUT2D eigenvalue weighted by atomic mass is 32.2. The van der Waals surface area contributed by atoms with Crippen LogP contribution in [0.15, 0.2) is 59.5 Å². The summed E-state index contributed by atoms with van der Waals surface area (Å²) in [7, 11) is -3.59. The first-order valence-electron chi connectivity index (χ1n) is 10.5. The van der Waals surface area contributed by atoms with E-state index in [4.69, 9.17) is 9.47 Å². The highest BCUT2D eigenvalue weighted by molar-refractivity contribution is 7.89. The van der Waals surface area contributed by atoms with Gasteiger partial charge >= 0.3 is 5.97 Å². The third-order valence-corrected chi connectivity index (χ3v) is 7.06. The predicted molar refractivity (Wildman–Crippen MR) is 119 cm³/mol. The van der Waals surface area contributed by atoms with Gasteiger partial charge in [0.1, 0.15) is 5.75 Å². The third-order valence-electron chi connectivity index (χ3n) is 5.14. The first kappa shape index (κ1) is 23.7. The average Bonchev–Trinajstić information content (AvgIpc) is 2.81. The second kappa shape index (κ2) is 11.1. The molecule has 0 spiro atoms. The van der Waals surface area contributed by atoms with Crippen LogP contribution in [0.5, 0.6) is 5.75 Å². The Balaban J connectivity index is 1.36. The van der Waals surface area contributed by atoms with Crippen LogP contribution in [0.4, 0.5) is 0 Å². The molecule has 0 atom stereocenters. The van der Waals surface area contributed by atoms with Gasteiger partial charge in [0.05, 0.1) is 11.5 Å². The molecule has 3 rings (SSSR count). The van der Waals surface area contributed by atoms with Gasteiger partial charge in [-0.3, -0.25) is 9.59 Å². The number of hydrogen-bond acceptors (Lipinski definition) is 6. The summed E-state index contributed by atoms with van der Waals surface area (Å²) >= 11 is 0. The number of esters is 1. The molecule has 172 valence electrons. The van der Waals surface area contributed by atoms with E-state index in [1.807, 2.05) is 37.3 Å². The zero-order valence-electron chi connectivity index (χ0n) is 18.1. The van der Waals surface area contributed by atoms with Gasteiger partial charge in [-0.05, 0) is 37.6 Å². The molecule has 1 aliphatic rings. The first-order valence-corrected chi connectivity index (χ1v) is 12.0. The molecule has 0 saturated carbocycles. The number of nitrogens with zero attached hydrogens (tertiary/aromatic N) is 2. The lowest BCUT2D eigenvalue weighted by Crippen LogP contribution is -2.51. The summed E-state index contributed by atoms with van der Waals surface area (Å²) in [5.41, 5.74) is 0.984. The fourth-order valence-corrected chi connectivity index (χ4v) is 4.69. The largest absolute Gasteiger partial charge is 0.494 e. The van der Waals surface area contributed by atoms with Gasteiger partial charge in [-0.25, -0.2) is 8.42 Å². The van der Waals surface area contributed by atoms with Crippen molar-refractivity contribution >= 4 is 21.9 Å². The second-order valence-electron chi connectivity index (χ2n) is 7.52. The fraction of sp³-hybridized carbons (Fsp3) is 0.391. The first-order chi connectivity index (χ1) is 15.4. The van der Waals surface area contributed by atoms with Crippen LogP contribution < -0.4 is 4.74 Å². The molecule has 9 heteroatoms. The Labute approximate surface area is 188 Å². The van der Waals surface area contributed by atoms with Crippen molar-refractivity contribution in [1.82, 2.24) is 9.21 Å². The average molecular weight is 461 g/mol. The van der Waals surface area contributed by atoms with Crippen LogP contribution in [-0.2, 0) is 24.3 Å². The van der Waals surface area contributed by atoms with Gasteiger partial charge in [0, 0.05) is 32.6 Å². The van der Waals surface area contributed by atoms with Crippen molar-refractivity contribution in [2.75, 3.05) is 39.4 Å². The molecule has 2 aromatic carbocycles. The lowest BCUT2D eigenvalue weighted by atomic mass is 10.2. The summed E-state index contributed by atoms with van der Waals surface area (Å²) in [6, 6.07) is 16.0. The van der Waals surface area contributed by atoms with Crippen LogP contribution in [0, 0.1) is 6.92 Å². The van der Waals surface area contributed by atoms with Crippen molar-refractivity contribution in [2.45, 2.75) is 24.7 Å². The molecule has 0 bridgehead atoms. The summed E-state index contributed by atoms with van der Waals surface area (Å²) in [5.74, 6) is -0.0542. The van der Waals surface area contributed by atoms with E-state index in [1.54, 1.807) is 24.3 Å².